The zero-order valence-electron chi connectivity index (χ0n) is 10.6. The smallest absolute Gasteiger partial charge is 0.218 e. The Bertz CT molecular complexity index is 317. The Balaban J connectivity index is 2.43. The van der Waals surface area contributed by atoms with Crippen molar-refractivity contribution in [2.45, 2.75) is 32.9 Å². The Morgan fingerprint density at radius 1 is 1.12 bits per heavy atom. The van der Waals surface area contributed by atoms with Gasteiger partial charge in [0.05, 0.1) is 0 Å². The van der Waals surface area contributed by atoms with E-state index in [2.05, 4.69) is 62.5 Å². The van der Waals surface area contributed by atoms with E-state index in [-0.39, 0.29) is 0 Å². The topological polar surface area (TPSA) is 9.23 Å². The van der Waals surface area contributed by atoms with E-state index < -0.39 is 8.32 Å². The van der Waals surface area contributed by atoms with E-state index in [1.807, 2.05) is 0 Å². The average Bonchev–Trinajstić information content (AvgIpc) is 2.30. The number of rotatable bonds is 6. The predicted molar refractivity (Wildman–Crippen MR) is 73.6 cm³/mol. The van der Waals surface area contributed by atoms with Crippen LogP contribution in [-0.4, -0.2) is 14.9 Å². The first-order chi connectivity index (χ1) is 7.67. The summed E-state index contributed by atoms with van der Waals surface area (Å²) < 4.78 is 6.05. The molecule has 0 bridgehead atoms. The predicted octanol–water partition coefficient (Wildman–Crippen LogP) is 3.47. The van der Waals surface area contributed by atoms with E-state index in [4.69, 9.17) is 4.43 Å². The van der Waals surface area contributed by atoms with E-state index in [9.17, 15) is 0 Å². The van der Waals surface area contributed by atoms with Gasteiger partial charge in [0, 0.05) is 6.61 Å². The van der Waals surface area contributed by atoms with Crippen molar-refractivity contribution < 1.29 is 4.43 Å². The highest BCUT2D eigenvalue weighted by Crippen LogP contribution is 2.06. The highest BCUT2D eigenvalue weighted by atomic mass is 28.4. The van der Waals surface area contributed by atoms with Gasteiger partial charge < -0.3 is 4.43 Å². The van der Waals surface area contributed by atoms with Crippen molar-refractivity contribution in [3.05, 3.63) is 42.5 Å². The fraction of sp³-hybridized carbons (Fsp3) is 0.429. The molecule has 0 fully saturated rings. The summed E-state index contributed by atoms with van der Waals surface area (Å²) in [5, 5.41) is 1.37. The molecule has 2 heteroatoms. The van der Waals surface area contributed by atoms with E-state index in [1.165, 1.54) is 5.19 Å². The number of hydrogen-bond acceptors (Lipinski definition) is 1. The Morgan fingerprint density at radius 3 is 2.44 bits per heavy atom. The van der Waals surface area contributed by atoms with Gasteiger partial charge in [-0.1, -0.05) is 49.4 Å². The van der Waals surface area contributed by atoms with Crippen LogP contribution in [0.4, 0.5) is 0 Å². The van der Waals surface area contributed by atoms with Crippen molar-refractivity contribution in [3.8, 4) is 0 Å². The average molecular weight is 234 g/mol. The second-order valence-corrected chi connectivity index (χ2v) is 8.28. The summed E-state index contributed by atoms with van der Waals surface area (Å²) in [5.74, 6) is 0. The van der Waals surface area contributed by atoms with Crippen LogP contribution in [0.2, 0.25) is 13.1 Å². The van der Waals surface area contributed by atoms with Crippen LogP contribution in [0.15, 0.2) is 42.5 Å². The first kappa shape index (κ1) is 13.2. The van der Waals surface area contributed by atoms with Gasteiger partial charge in [-0.2, -0.15) is 0 Å². The third-order valence-electron chi connectivity index (χ3n) is 2.62. The Kier molecular flexibility index (Phi) is 5.50. The summed E-state index contributed by atoms with van der Waals surface area (Å²) in [7, 11) is -1.67. The van der Waals surface area contributed by atoms with Gasteiger partial charge >= 0.3 is 0 Å². The first-order valence-electron chi connectivity index (χ1n) is 6.01. The van der Waals surface area contributed by atoms with Crippen molar-refractivity contribution in [1.29, 1.82) is 0 Å². The van der Waals surface area contributed by atoms with Gasteiger partial charge in [-0.25, -0.2) is 0 Å². The van der Waals surface area contributed by atoms with Crippen LogP contribution in [0.3, 0.4) is 0 Å². The minimum atomic E-state index is -1.67. The normalized spacial score (nSPS) is 12.2. The van der Waals surface area contributed by atoms with Gasteiger partial charge in [0.2, 0.25) is 8.32 Å². The van der Waals surface area contributed by atoms with Crippen molar-refractivity contribution >= 4 is 13.5 Å². The van der Waals surface area contributed by atoms with Crippen molar-refractivity contribution in [3.63, 3.8) is 0 Å². The lowest BCUT2D eigenvalue weighted by atomic mass is 10.3. The zero-order chi connectivity index (χ0) is 11.9. The van der Waals surface area contributed by atoms with Crippen LogP contribution in [0.5, 0.6) is 0 Å². The molecule has 0 aromatic heterocycles. The lowest BCUT2D eigenvalue weighted by Gasteiger charge is -2.22. The maximum absolute atomic E-state index is 6.05. The van der Waals surface area contributed by atoms with Gasteiger partial charge in [0.1, 0.15) is 0 Å². The molecule has 0 aliphatic heterocycles. The SMILES string of the molecule is CCC=CCCO[Si](C)(C)c1ccccc1. The lowest BCUT2D eigenvalue weighted by Crippen LogP contribution is -2.44. The van der Waals surface area contributed by atoms with Crippen LogP contribution in [0.1, 0.15) is 19.8 Å². The van der Waals surface area contributed by atoms with Gasteiger partial charge in [-0.05, 0) is 31.1 Å². The van der Waals surface area contributed by atoms with Gasteiger partial charge in [-0.3, -0.25) is 0 Å². The van der Waals surface area contributed by atoms with Gasteiger partial charge in [0.25, 0.3) is 0 Å². The molecule has 0 atom stereocenters. The van der Waals surface area contributed by atoms with Crippen LogP contribution in [0, 0.1) is 0 Å². The van der Waals surface area contributed by atoms with Crippen molar-refractivity contribution in [2.24, 2.45) is 0 Å². The van der Waals surface area contributed by atoms with Crippen LogP contribution >= 0.6 is 0 Å². The summed E-state index contributed by atoms with van der Waals surface area (Å²) in [6, 6.07) is 10.6. The van der Waals surface area contributed by atoms with Gasteiger partial charge in [-0.15, -0.1) is 0 Å². The zero-order valence-corrected chi connectivity index (χ0v) is 11.6. The fourth-order valence-corrected chi connectivity index (χ4v) is 3.38. The number of hydrogen-bond donors (Lipinski definition) is 0. The molecule has 0 amide bonds. The summed E-state index contributed by atoms with van der Waals surface area (Å²) >= 11 is 0. The standard InChI is InChI=1S/C14H22OSi/c1-4-5-6-10-13-15-16(2,3)14-11-8-7-9-12-14/h5-9,11-12H,4,10,13H2,1-3H3. The van der Waals surface area contributed by atoms with E-state index in [0.717, 1.165) is 19.4 Å². The molecule has 16 heavy (non-hydrogen) atoms. The second kappa shape index (κ2) is 6.66. The Hall–Kier alpha value is -0.863. The second-order valence-electron chi connectivity index (χ2n) is 4.39. The monoisotopic (exact) mass is 234 g/mol. The number of allylic oxidation sites excluding steroid dienone is 1. The molecule has 1 aromatic carbocycles. The molecule has 0 unspecified atom stereocenters. The Morgan fingerprint density at radius 2 is 1.81 bits per heavy atom. The molecule has 0 aliphatic rings. The molecular weight excluding hydrogens is 212 g/mol. The lowest BCUT2D eigenvalue weighted by molar-refractivity contribution is 0.323. The maximum atomic E-state index is 6.05. The van der Waals surface area contributed by atoms with Crippen LogP contribution < -0.4 is 5.19 Å². The third kappa shape index (κ3) is 4.33. The molecule has 0 N–H and O–H groups in total. The molecule has 0 heterocycles. The molecule has 0 radical (unpaired) electrons. The minimum Gasteiger partial charge on any atom is -0.413 e. The highest BCUT2D eigenvalue weighted by Gasteiger charge is 2.24. The van der Waals surface area contributed by atoms with E-state index >= 15 is 0 Å². The third-order valence-corrected chi connectivity index (χ3v) is 5.27. The first-order valence-corrected chi connectivity index (χ1v) is 8.92. The van der Waals surface area contributed by atoms with E-state index in [1.54, 1.807) is 0 Å². The summed E-state index contributed by atoms with van der Waals surface area (Å²) in [6.45, 7) is 7.50. The molecule has 0 spiro atoms. The maximum Gasteiger partial charge on any atom is 0.218 e. The molecular formula is C14H22OSi. The van der Waals surface area contributed by atoms with Crippen LogP contribution in [-0.2, 0) is 4.43 Å². The Labute approximate surface area is 100 Å². The quantitative estimate of drug-likeness (QED) is 0.416. The summed E-state index contributed by atoms with van der Waals surface area (Å²) in [6.07, 6.45) is 6.53. The molecule has 88 valence electrons. The molecule has 1 nitrogen and oxygen atoms in total. The number of benzene rings is 1. The molecule has 1 rings (SSSR count). The largest absolute Gasteiger partial charge is 0.413 e. The molecule has 0 aliphatic carbocycles. The summed E-state index contributed by atoms with van der Waals surface area (Å²) in [5.41, 5.74) is 0. The minimum absolute atomic E-state index is 0.838. The van der Waals surface area contributed by atoms with E-state index in [0.29, 0.717) is 0 Å². The molecule has 0 saturated carbocycles. The highest BCUT2D eigenvalue weighted by molar-refractivity contribution is 6.84. The fourth-order valence-electron chi connectivity index (χ4n) is 1.59. The molecule has 1 aromatic rings. The van der Waals surface area contributed by atoms with Crippen LogP contribution in [0.25, 0.3) is 0 Å². The van der Waals surface area contributed by atoms with Gasteiger partial charge in [0.15, 0.2) is 0 Å². The van der Waals surface area contributed by atoms with Crippen molar-refractivity contribution in [1.82, 2.24) is 0 Å². The molecule has 0 saturated heterocycles. The summed E-state index contributed by atoms with van der Waals surface area (Å²) in [4.78, 5) is 0. The van der Waals surface area contributed by atoms with Crippen molar-refractivity contribution in [2.75, 3.05) is 6.61 Å².